The van der Waals surface area contributed by atoms with E-state index in [-0.39, 0.29) is 5.69 Å². The molecule has 0 aliphatic rings. The minimum Gasteiger partial charge on any atom is -0.490 e. The molecule has 0 spiro atoms. The Balaban J connectivity index is 2.13. The summed E-state index contributed by atoms with van der Waals surface area (Å²) < 4.78 is 10.2. The van der Waals surface area contributed by atoms with Crippen LogP contribution in [0.3, 0.4) is 0 Å². The number of carbonyl (C=O) groups is 1. The molecule has 120 valence electrons. The smallest absolute Gasteiger partial charge is 0.356 e. The van der Waals surface area contributed by atoms with Crippen molar-refractivity contribution in [2.75, 3.05) is 13.7 Å². The number of esters is 1. The molecule has 0 saturated heterocycles. The monoisotopic (exact) mass is 315 g/mol. The van der Waals surface area contributed by atoms with Crippen LogP contribution in [0.15, 0.2) is 6.20 Å². The van der Waals surface area contributed by atoms with Crippen LogP contribution < -0.4 is 4.74 Å². The number of aromatic nitrogens is 1. The second-order valence-electron chi connectivity index (χ2n) is 5.16. The van der Waals surface area contributed by atoms with Gasteiger partial charge in [-0.1, -0.05) is 63.5 Å². The highest BCUT2D eigenvalue weighted by Gasteiger charge is 2.17. The van der Waals surface area contributed by atoms with Crippen molar-refractivity contribution in [3.63, 3.8) is 0 Å². The van der Waals surface area contributed by atoms with Crippen molar-refractivity contribution < 1.29 is 14.3 Å². The van der Waals surface area contributed by atoms with Gasteiger partial charge in [-0.25, -0.2) is 4.79 Å². The van der Waals surface area contributed by atoms with Crippen LogP contribution in [-0.4, -0.2) is 24.7 Å². The average Bonchev–Trinajstić information content (AvgIpc) is 2.86. The molecule has 1 rings (SSSR count). The topological polar surface area (TPSA) is 51.3 Å². The summed E-state index contributed by atoms with van der Waals surface area (Å²) >= 11 is 6.05. The van der Waals surface area contributed by atoms with E-state index < -0.39 is 5.97 Å². The molecule has 0 aliphatic heterocycles. The van der Waals surface area contributed by atoms with Crippen molar-refractivity contribution in [1.82, 2.24) is 4.98 Å². The lowest BCUT2D eigenvalue weighted by atomic mass is 10.1. The molecular formula is C16H26ClNO3. The normalized spacial score (nSPS) is 10.6. The largest absolute Gasteiger partial charge is 0.490 e. The molecule has 0 atom stereocenters. The Bertz CT molecular complexity index is 418. The van der Waals surface area contributed by atoms with Crippen LogP contribution in [-0.2, 0) is 4.74 Å². The number of hydrogen-bond donors (Lipinski definition) is 1. The van der Waals surface area contributed by atoms with Gasteiger partial charge in [0, 0.05) is 6.20 Å². The number of unbranched alkanes of at least 4 members (excludes halogenated alkanes) is 7. The third kappa shape index (κ3) is 6.42. The first-order valence-electron chi connectivity index (χ1n) is 7.78. The fourth-order valence-electron chi connectivity index (χ4n) is 2.16. The molecule has 4 nitrogen and oxygen atoms in total. The zero-order valence-electron chi connectivity index (χ0n) is 13.0. The van der Waals surface area contributed by atoms with Gasteiger partial charge in [-0.05, 0) is 6.42 Å². The summed E-state index contributed by atoms with van der Waals surface area (Å²) in [7, 11) is 1.32. The summed E-state index contributed by atoms with van der Waals surface area (Å²) in [5, 5.41) is 0.293. The van der Waals surface area contributed by atoms with Gasteiger partial charge in [-0.15, -0.1) is 0 Å². The van der Waals surface area contributed by atoms with Crippen molar-refractivity contribution >= 4 is 17.6 Å². The van der Waals surface area contributed by atoms with E-state index in [4.69, 9.17) is 16.3 Å². The molecule has 0 aliphatic carbocycles. The van der Waals surface area contributed by atoms with Crippen LogP contribution >= 0.6 is 11.6 Å². The molecule has 0 saturated carbocycles. The number of H-pyrrole nitrogens is 1. The second kappa shape index (κ2) is 10.6. The first-order chi connectivity index (χ1) is 10.2. The summed E-state index contributed by atoms with van der Waals surface area (Å²) in [5.74, 6) is 0.0296. The number of aromatic amines is 1. The van der Waals surface area contributed by atoms with Gasteiger partial charge in [0.25, 0.3) is 0 Å². The van der Waals surface area contributed by atoms with E-state index in [0.717, 1.165) is 12.8 Å². The average molecular weight is 316 g/mol. The first-order valence-corrected chi connectivity index (χ1v) is 8.16. The molecule has 1 N–H and O–H groups in total. The summed E-state index contributed by atoms with van der Waals surface area (Å²) in [5.41, 5.74) is 0.241. The van der Waals surface area contributed by atoms with Gasteiger partial charge >= 0.3 is 5.97 Å². The SMILES string of the molecule is CCCCCCCCCCOc1c[nH]c(C(=O)OC)c1Cl. The number of nitrogens with one attached hydrogen (secondary N) is 1. The molecule has 1 aromatic rings. The summed E-state index contributed by atoms with van der Waals surface area (Å²) in [6.45, 7) is 2.85. The zero-order valence-corrected chi connectivity index (χ0v) is 13.8. The third-order valence-corrected chi connectivity index (χ3v) is 3.80. The molecule has 0 radical (unpaired) electrons. The zero-order chi connectivity index (χ0) is 15.5. The van der Waals surface area contributed by atoms with Crippen molar-refractivity contribution in [3.8, 4) is 5.75 Å². The third-order valence-electron chi connectivity index (χ3n) is 3.43. The van der Waals surface area contributed by atoms with Crippen LogP contribution in [0, 0.1) is 0 Å². The van der Waals surface area contributed by atoms with Gasteiger partial charge in [0.15, 0.2) is 5.75 Å². The van der Waals surface area contributed by atoms with Gasteiger partial charge in [0.05, 0.1) is 13.7 Å². The standard InChI is InChI=1S/C16H26ClNO3/c1-3-4-5-6-7-8-9-10-11-21-13-12-18-15(14(13)17)16(19)20-2/h12,18H,3-11H2,1-2H3. The summed E-state index contributed by atoms with van der Waals surface area (Å²) in [4.78, 5) is 14.2. The second-order valence-corrected chi connectivity index (χ2v) is 5.53. The Labute approximate surface area is 132 Å². The number of rotatable bonds is 11. The highest BCUT2D eigenvalue weighted by atomic mass is 35.5. The van der Waals surface area contributed by atoms with E-state index in [0.29, 0.717) is 17.4 Å². The van der Waals surface area contributed by atoms with Crippen molar-refractivity contribution in [2.45, 2.75) is 58.3 Å². The predicted octanol–water partition coefficient (Wildman–Crippen LogP) is 4.97. The lowest BCUT2D eigenvalue weighted by molar-refractivity contribution is 0.0595. The molecule has 21 heavy (non-hydrogen) atoms. The minimum absolute atomic E-state index is 0.241. The first kappa shape index (κ1) is 17.9. The fourth-order valence-corrected chi connectivity index (χ4v) is 2.40. The predicted molar refractivity (Wildman–Crippen MR) is 85.2 cm³/mol. The molecule has 5 heteroatoms. The molecule has 0 aromatic carbocycles. The Kier molecular flexibility index (Phi) is 8.99. The van der Waals surface area contributed by atoms with Gasteiger partial charge < -0.3 is 14.5 Å². The van der Waals surface area contributed by atoms with E-state index in [1.165, 1.54) is 45.6 Å². The van der Waals surface area contributed by atoms with Crippen LogP contribution in [0.25, 0.3) is 0 Å². The Morgan fingerprint density at radius 2 is 1.76 bits per heavy atom. The van der Waals surface area contributed by atoms with E-state index in [1.807, 2.05) is 0 Å². The van der Waals surface area contributed by atoms with Crippen molar-refractivity contribution in [2.24, 2.45) is 0 Å². The Morgan fingerprint density at radius 1 is 1.14 bits per heavy atom. The molecule has 0 unspecified atom stereocenters. The maximum atomic E-state index is 11.4. The van der Waals surface area contributed by atoms with Crippen LogP contribution in [0.2, 0.25) is 5.02 Å². The van der Waals surface area contributed by atoms with Gasteiger partial charge in [-0.2, -0.15) is 0 Å². The highest BCUT2D eigenvalue weighted by molar-refractivity contribution is 6.34. The molecule has 1 aromatic heterocycles. The Morgan fingerprint density at radius 3 is 2.38 bits per heavy atom. The van der Waals surface area contributed by atoms with Crippen molar-refractivity contribution in [3.05, 3.63) is 16.9 Å². The van der Waals surface area contributed by atoms with Crippen LogP contribution in [0.5, 0.6) is 5.75 Å². The number of methoxy groups -OCH3 is 1. The molecule has 0 amide bonds. The van der Waals surface area contributed by atoms with Crippen LogP contribution in [0.4, 0.5) is 0 Å². The van der Waals surface area contributed by atoms with E-state index in [2.05, 4.69) is 16.6 Å². The summed E-state index contributed by atoms with van der Waals surface area (Å²) in [6, 6.07) is 0. The lowest BCUT2D eigenvalue weighted by Gasteiger charge is -2.05. The lowest BCUT2D eigenvalue weighted by Crippen LogP contribution is -2.02. The number of halogens is 1. The molecule has 0 bridgehead atoms. The maximum absolute atomic E-state index is 11.4. The number of ether oxygens (including phenoxy) is 2. The van der Waals surface area contributed by atoms with E-state index in [9.17, 15) is 4.79 Å². The molecular weight excluding hydrogens is 290 g/mol. The highest BCUT2D eigenvalue weighted by Crippen LogP contribution is 2.28. The molecule has 0 fully saturated rings. The maximum Gasteiger partial charge on any atom is 0.356 e. The quantitative estimate of drug-likeness (QED) is 0.463. The van der Waals surface area contributed by atoms with Gasteiger partial charge in [0.1, 0.15) is 10.7 Å². The minimum atomic E-state index is -0.484. The number of carbonyl (C=O) groups excluding carboxylic acids is 1. The molecule has 1 heterocycles. The van der Waals surface area contributed by atoms with Gasteiger partial charge in [-0.3, -0.25) is 0 Å². The summed E-state index contributed by atoms with van der Waals surface area (Å²) in [6.07, 6.45) is 11.6. The van der Waals surface area contributed by atoms with E-state index >= 15 is 0 Å². The Hall–Kier alpha value is -1.16. The van der Waals surface area contributed by atoms with Gasteiger partial charge in [0.2, 0.25) is 0 Å². The van der Waals surface area contributed by atoms with E-state index in [1.54, 1.807) is 6.20 Å². The fraction of sp³-hybridized carbons (Fsp3) is 0.688. The number of hydrogen-bond acceptors (Lipinski definition) is 3. The van der Waals surface area contributed by atoms with Crippen LogP contribution in [0.1, 0.15) is 68.8 Å². The van der Waals surface area contributed by atoms with Crippen molar-refractivity contribution in [1.29, 1.82) is 0 Å².